The Labute approximate surface area is 121 Å². The summed E-state index contributed by atoms with van der Waals surface area (Å²) in [6.07, 6.45) is 0. The van der Waals surface area contributed by atoms with Crippen LogP contribution in [-0.4, -0.2) is 4.98 Å². The van der Waals surface area contributed by atoms with Crippen molar-refractivity contribution in [2.75, 3.05) is 5.73 Å². The lowest BCUT2D eigenvalue weighted by atomic mass is 9.96. The van der Waals surface area contributed by atoms with Gasteiger partial charge in [-0.3, -0.25) is 4.79 Å². The smallest absolute Gasteiger partial charge is 0.268 e. The lowest BCUT2D eigenvalue weighted by Gasteiger charge is -2.10. The number of pyridine rings is 1. The Morgan fingerprint density at radius 3 is 2.50 bits per heavy atom. The van der Waals surface area contributed by atoms with Crippen molar-refractivity contribution in [1.82, 2.24) is 4.98 Å². The molecule has 0 aliphatic heterocycles. The number of nitrogens with two attached hydrogens (primary N) is 1. The molecule has 0 saturated carbocycles. The number of nitrogens with zero attached hydrogens (tertiary/aromatic N) is 2. The fourth-order valence-corrected chi connectivity index (χ4v) is 2.18. The van der Waals surface area contributed by atoms with E-state index in [1.165, 1.54) is 18.2 Å². The van der Waals surface area contributed by atoms with Crippen LogP contribution in [0.4, 0.5) is 10.2 Å². The number of aromatic amines is 1. The molecule has 0 aliphatic carbocycles. The van der Waals surface area contributed by atoms with Gasteiger partial charge in [0, 0.05) is 11.1 Å². The number of nitrogens with one attached hydrogen (secondary N) is 1. The fraction of sp³-hybridized carbons (Fsp3) is 0. The van der Waals surface area contributed by atoms with Crippen molar-refractivity contribution in [2.45, 2.75) is 0 Å². The Kier molecular flexibility index (Phi) is 3.55. The predicted octanol–water partition coefficient (Wildman–Crippen LogP) is 2.27. The van der Waals surface area contributed by atoms with Crippen molar-refractivity contribution in [3.63, 3.8) is 0 Å². The van der Waals surface area contributed by atoms with Gasteiger partial charge in [0.15, 0.2) is 0 Å². The number of H-pyrrole nitrogens is 1. The van der Waals surface area contributed by atoms with Gasteiger partial charge in [0.2, 0.25) is 0 Å². The summed E-state index contributed by atoms with van der Waals surface area (Å²) in [4.78, 5) is 13.9. The van der Waals surface area contributed by atoms with E-state index in [4.69, 9.17) is 16.3 Å². The molecule has 0 fully saturated rings. The molecule has 2 rings (SSSR count). The Balaban J connectivity index is 3.01. The van der Waals surface area contributed by atoms with Gasteiger partial charge >= 0.3 is 0 Å². The molecule has 0 bridgehead atoms. The van der Waals surface area contributed by atoms with Gasteiger partial charge in [0.25, 0.3) is 5.56 Å². The summed E-state index contributed by atoms with van der Waals surface area (Å²) in [6, 6.07) is 7.83. The first-order valence-electron chi connectivity index (χ1n) is 5.31. The molecule has 0 aliphatic rings. The Morgan fingerprint density at radius 1 is 1.25 bits per heavy atom. The van der Waals surface area contributed by atoms with Crippen molar-refractivity contribution in [3.8, 4) is 23.3 Å². The normalized spacial score (nSPS) is 9.80. The van der Waals surface area contributed by atoms with Crippen LogP contribution in [0.25, 0.3) is 11.1 Å². The summed E-state index contributed by atoms with van der Waals surface area (Å²) in [5.74, 6) is -0.878. The van der Waals surface area contributed by atoms with Crippen LogP contribution in [0.5, 0.6) is 0 Å². The highest BCUT2D eigenvalue weighted by molar-refractivity contribution is 9.10. The summed E-state index contributed by atoms with van der Waals surface area (Å²) in [5, 5.41) is 18.2. The number of anilines is 1. The quantitative estimate of drug-likeness (QED) is 0.835. The van der Waals surface area contributed by atoms with E-state index in [-0.39, 0.29) is 32.5 Å². The second-order valence-corrected chi connectivity index (χ2v) is 4.67. The highest BCUT2D eigenvalue weighted by Gasteiger charge is 2.21. The second-order valence-electron chi connectivity index (χ2n) is 3.82. The number of benzene rings is 1. The molecule has 7 heteroatoms. The number of aromatic nitrogens is 1. The molecule has 1 heterocycles. The third kappa shape index (κ3) is 2.04. The van der Waals surface area contributed by atoms with Crippen molar-refractivity contribution in [3.05, 3.63) is 50.0 Å². The van der Waals surface area contributed by atoms with Crippen molar-refractivity contribution in [1.29, 1.82) is 10.5 Å². The lowest BCUT2D eigenvalue weighted by molar-refractivity contribution is 0.624. The SMILES string of the molecule is N#Cc1c(N)[nH]c(=O)c(C#N)c1-c1cccc(Br)c1F. The van der Waals surface area contributed by atoms with Gasteiger partial charge in [0.05, 0.1) is 4.47 Å². The lowest BCUT2D eigenvalue weighted by Crippen LogP contribution is -2.16. The Hall–Kier alpha value is -2.64. The number of rotatable bonds is 1. The van der Waals surface area contributed by atoms with E-state index in [0.717, 1.165) is 0 Å². The highest BCUT2D eigenvalue weighted by Crippen LogP contribution is 2.32. The van der Waals surface area contributed by atoms with Crippen LogP contribution >= 0.6 is 15.9 Å². The monoisotopic (exact) mass is 332 g/mol. The average Bonchev–Trinajstić information content (AvgIpc) is 2.41. The first kappa shape index (κ1) is 13.8. The summed E-state index contributed by atoms with van der Waals surface area (Å²) in [6.45, 7) is 0. The van der Waals surface area contributed by atoms with Gasteiger partial charge in [-0.05, 0) is 22.0 Å². The van der Waals surface area contributed by atoms with Gasteiger partial charge < -0.3 is 10.7 Å². The van der Waals surface area contributed by atoms with Crippen LogP contribution in [0, 0.1) is 28.5 Å². The molecule has 2 aromatic rings. The van der Waals surface area contributed by atoms with Crippen LogP contribution in [0.3, 0.4) is 0 Å². The second kappa shape index (κ2) is 5.16. The number of nitriles is 2. The number of halogens is 2. The third-order valence-corrected chi connectivity index (χ3v) is 3.30. The number of nitrogen functional groups attached to an aromatic ring is 1. The molecule has 0 radical (unpaired) electrons. The fourth-order valence-electron chi connectivity index (χ4n) is 1.81. The van der Waals surface area contributed by atoms with Gasteiger partial charge in [-0.1, -0.05) is 12.1 Å². The van der Waals surface area contributed by atoms with E-state index in [2.05, 4.69) is 20.9 Å². The molecule has 0 spiro atoms. The molecule has 20 heavy (non-hydrogen) atoms. The molecule has 3 N–H and O–H groups in total. The molecule has 0 atom stereocenters. The Bertz CT molecular complexity index is 845. The summed E-state index contributed by atoms with van der Waals surface area (Å²) >= 11 is 3.02. The zero-order chi connectivity index (χ0) is 14.9. The summed E-state index contributed by atoms with van der Waals surface area (Å²) in [7, 11) is 0. The molecular weight excluding hydrogens is 327 g/mol. The van der Waals surface area contributed by atoms with Gasteiger partial charge in [0.1, 0.15) is 34.9 Å². The molecule has 98 valence electrons. The third-order valence-electron chi connectivity index (χ3n) is 2.69. The van der Waals surface area contributed by atoms with Crippen molar-refractivity contribution < 1.29 is 4.39 Å². The van der Waals surface area contributed by atoms with E-state index in [1.807, 2.05) is 0 Å². The van der Waals surface area contributed by atoms with Crippen LogP contribution < -0.4 is 11.3 Å². The van der Waals surface area contributed by atoms with Gasteiger partial charge in [-0.25, -0.2) is 4.39 Å². The maximum atomic E-state index is 14.2. The van der Waals surface area contributed by atoms with E-state index >= 15 is 0 Å². The van der Waals surface area contributed by atoms with Crippen LogP contribution in [-0.2, 0) is 0 Å². The van der Waals surface area contributed by atoms with Crippen LogP contribution in [0.15, 0.2) is 27.5 Å². The summed E-state index contributed by atoms with van der Waals surface area (Å²) < 4.78 is 14.3. The molecule has 1 aromatic carbocycles. The van der Waals surface area contributed by atoms with E-state index in [1.54, 1.807) is 12.1 Å². The largest absolute Gasteiger partial charge is 0.384 e. The molecule has 5 nitrogen and oxygen atoms in total. The van der Waals surface area contributed by atoms with E-state index < -0.39 is 11.4 Å². The van der Waals surface area contributed by atoms with E-state index in [0.29, 0.717) is 0 Å². The average molecular weight is 333 g/mol. The maximum absolute atomic E-state index is 14.2. The first-order valence-corrected chi connectivity index (χ1v) is 6.10. The molecule has 1 aromatic heterocycles. The topological polar surface area (TPSA) is 106 Å². The van der Waals surface area contributed by atoms with Crippen LogP contribution in [0.2, 0.25) is 0 Å². The van der Waals surface area contributed by atoms with Crippen LogP contribution in [0.1, 0.15) is 11.1 Å². The minimum Gasteiger partial charge on any atom is -0.384 e. The van der Waals surface area contributed by atoms with Gasteiger partial charge in [-0.15, -0.1) is 0 Å². The Morgan fingerprint density at radius 2 is 1.90 bits per heavy atom. The first-order chi connectivity index (χ1) is 9.51. The van der Waals surface area contributed by atoms with E-state index in [9.17, 15) is 9.18 Å². The maximum Gasteiger partial charge on any atom is 0.268 e. The predicted molar refractivity (Wildman–Crippen MR) is 74.0 cm³/mol. The zero-order valence-electron chi connectivity index (χ0n) is 9.87. The van der Waals surface area contributed by atoms with Crippen molar-refractivity contribution >= 4 is 21.7 Å². The van der Waals surface area contributed by atoms with Gasteiger partial charge in [-0.2, -0.15) is 10.5 Å². The molecule has 0 unspecified atom stereocenters. The standard InChI is InChI=1S/C13H6BrFN4O/c14-9-3-1-2-6(11(9)15)10-7(4-16)12(18)19-13(20)8(10)5-17/h1-3H,(H3,18,19,20). The molecule has 0 saturated heterocycles. The minimum absolute atomic E-state index is 0.0368. The summed E-state index contributed by atoms with van der Waals surface area (Å²) in [5.41, 5.74) is 4.16. The minimum atomic E-state index is -0.765. The zero-order valence-corrected chi connectivity index (χ0v) is 11.5. The molecular formula is C13H6BrFN4O. The molecule has 0 amide bonds. The number of hydrogen-bond acceptors (Lipinski definition) is 4. The highest BCUT2D eigenvalue weighted by atomic mass is 79.9. The van der Waals surface area contributed by atoms with Crippen molar-refractivity contribution in [2.24, 2.45) is 0 Å². The number of hydrogen-bond donors (Lipinski definition) is 2.